The van der Waals surface area contributed by atoms with E-state index in [0.717, 1.165) is 88.0 Å². The Morgan fingerprint density at radius 1 is 0.533 bits per heavy atom. The molecule has 0 unspecified atom stereocenters. The van der Waals surface area contributed by atoms with Gasteiger partial charge in [-0.2, -0.15) is 15.8 Å². The molecule has 8 nitrogen and oxygen atoms in total. The zero-order valence-electron chi connectivity index (χ0n) is 31.8. The molecule has 2 aliphatic heterocycles. The first kappa shape index (κ1) is 35.0. The normalized spacial score (nSPS) is 12.5. The van der Waals surface area contributed by atoms with E-state index in [1.54, 1.807) is 11.8 Å². The Hall–Kier alpha value is -8.16. The van der Waals surface area contributed by atoms with Crippen molar-refractivity contribution in [3.63, 3.8) is 0 Å². The first-order chi connectivity index (χ1) is 29.6. The predicted octanol–water partition coefficient (Wildman–Crippen LogP) is 12.1. The number of aromatic nitrogens is 3. The number of fused-ring (bicyclic) bond motifs is 10. The molecule has 6 aromatic carbocycles. The summed E-state index contributed by atoms with van der Waals surface area (Å²) in [6.45, 7) is 0. The van der Waals surface area contributed by atoms with Crippen LogP contribution in [0.3, 0.4) is 0 Å². The van der Waals surface area contributed by atoms with Crippen LogP contribution in [0.5, 0.6) is 11.5 Å². The molecular weight excluding hydrogens is 759 g/mol. The van der Waals surface area contributed by atoms with Crippen LogP contribution in [0, 0.1) is 34.0 Å². The Morgan fingerprint density at radius 3 is 1.98 bits per heavy atom. The van der Waals surface area contributed by atoms with Gasteiger partial charge in [-0.25, -0.2) is 0 Å². The highest BCUT2D eigenvalue weighted by molar-refractivity contribution is 7.99. The van der Waals surface area contributed by atoms with E-state index < -0.39 is 0 Å². The highest BCUT2D eigenvalue weighted by Gasteiger charge is 2.30. The van der Waals surface area contributed by atoms with Gasteiger partial charge in [0, 0.05) is 45.2 Å². The maximum Gasteiger partial charge on any atom is 0.154 e. The van der Waals surface area contributed by atoms with Crippen LogP contribution in [0.2, 0.25) is 0 Å². The highest BCUT2D eigenvalue weighted by atomic mass is 32.2. The van der Waals surface area contributed by atoms with Crippen LogP contribution in [0.25, 0.3) is 38.9 Å². The second-order valence-electron chi connectivity index (χ2n) is 14.8. The largest absolute Gasteiger partial charge is 0.455 e. The van der Waals surface area contributed by atoms with E-state index in [2.05, 4.69) is 76.2 Å². The van der Waals surface area contributed by atoms with Crippen molar-refractivity contribution in [2.45, 2.75) is 22.6 Å². The van der Waals surface area contributed by atoms with E-state index in [4.69, 9.17) is 14.7 Å². The average Bonchev–Trinajstić information content (AvgIpc) is 3.61. The van der Waals surface area contributed by atoms with Crippen molar-refractivity contribution >= 4 is 50.6 Å². The average molecular weight is 788 g/mol. The summed E-state index contributed by atoms with van der Waals surface area (Å²) in [6, 6.07) is 53.1. The number of benzene rings is 6. The minimum absolute atomic E-state index is 0.508. The number of pyridine rings is 2. The maximum atomic E-state index is 9.83. The predicted molar refractivity (Wildman–Crippen MR) is 233 cm³/mol. The molecule has 11 rings (SSSR count). The smallest absolute Gasteiger partial charge is 0.154 e. The fraction of sp³-hybridized carbons (Fsp3) is 0.0392. The first-order valence-electron chi connectivity index (χ1n) is 19.4. The van der Waals surface area contributed by atoms with Crippen LogP contribution in [0.4, 0.5) is 17.1 Å². The number of hydrogen-bond acceptors (Lipinski definition) is 8. The summed E-state index contributed by atoms with van der Waals surface area (Å²) in [4.78, 5) is 14.2. The lowest BCUT2D eigenvalue weighted by molar-refractivity contribution is 0.473. The van der Waals surface area contributed by atoms with Crippen molar-refractivity contribution in [3.05, 3.63) is 191 Å². The van der Waals surface area contributed by atoms with E-state index in [9.17, 15) is 15.8 Å². The summed E-state index contributed by atoms with van der Waals surface area (Å²) in [6.07, 6.45) is 4.77. The highest BCUT2D eigenvalue weighted by Crippen LogP contribution is 2.55. The standard InChI is InChI=1S/C51H29N7OS/c52-27-31-14-17-42-40(21-31)39-10-2-3-11-41(39)57(42)38-26-37-24-34-7-1-4-13-46(34)59-51-36(25-35-9-6-20-55-49(35)50(37)56-30-38)8-5-12-45(51)58-43-18-15-32(28-53)22-47(43)60-48-23-33(29-54)16-19-44(48)58/h1-23,26,30H,24-25H2. The Balaban J connectivity index is 1.11. The molecule has 9 heteroatoms. The quantitative estimate of drug-likeness (QED) is 0.170. The van der Waals surface area contributed by atoms with Crippen LogP contribution in [-0.2, 0) is 12.8 Å². The van der Waals surface area contributed by atoms with Crippen molar-refractivity contribution in [3.8, 4) is 46.8 Å². The molecule has 0 N–H and O–H groups in total. The fourth-order valence-corrected chi connectivity index (χ4v) is 9.70. The summed E-state index contributed by atoms with van der Waals surface area (Å²) < 4.78 is 9.44. The van der Waals surface area contributed by atoms with Crippen molar-refractivity contribution in [1.29, 1.82) is 15.8 Å². The Bertz CT molecular complexity index is 3340. The number of nitrogens with zero attached hydrogens (tertiary/aromatic N) is 7. The molecule has 9 aromatic rings. The molecule has 0 saturated heterocycles. The summed E-state index contributed by atoms with van der Waals surface area (Å²) in [5.41, 5.74) is 12.8. The molecule has 0 atom stereocenters. The van der Waals surface area contributed by atoms with E-state index in [1.165, 1.54) is 0 Å². The third kappa shape index (κ3) is 5.67. The van der Waals surface area contributed by atoms with E-state index >= 15 is 0 Å². The van der Waals surface area contributed by atoms with Crippen LogP contribution in [-0.4, -0.2) is 14.5 Å². The van der Waals surface area contributed by atoms with Gasteiger partial charge in [0.15, 0.2) is 5.75 Å². The molecule has 60 heavy (non-hydrogen) atoms. The summed E-state index contributed by atoms with van der Waals surface area (Å²) in [5, 5.41) is 31.5. The molecule has 280 valence electrons. The second-order valence-corrected chi connectivity index (χ2v) is 15.8. The third-order valence-corrected chi connectivity index (χ3v) is 12.4. The van der Waals surface area contributed by atoms with Gasteiger partial charge >= 0.3 is 0 Å². The van der Waals surface area contributed by atoms with Gasteiger partial charge in [-0.15, -0.1) is 0 Å². The van der Waals surface area contributed by atoms with Gasteiger partial charge < -0.3 is 14.2 Å². The number of anilines is 3. The number of ether oxygens (including phenoxy) is 1. The monoisotopic (exact) mass is 787 g/mol. The molecule has 0 amide bonds. The summed E-state index contributed by atoms with van der Waals surface area (Å²) >= 11 is 1.55. The third-order valence-electron chi connectivity index (χ3n) is 11.3. The van der Waals surface area contributed by atoms with Gasteiger partial charge in [-0.1, -0.05) is 66.4 Å². The van der Waals surface area contributed by atoms with Crippen molar-refractivity contribution in [2.75, 3.05) is 4.90 Å². The zero-order valence-corrected chi connectivity index (χ0v) is 32.6. The summed E-state index contributed by atoms with van der Waals surface area (Å²) in [5.74, 6) is 1.41. The Morgan fingerprint density at radius 2 is 1.18 bits per heavy atom. The van der Waals surface area contributed by atoms with Gasteiger partial charge in [-0.3, -0.25) is 9.97 Å². The van der Waals surface area contributed by atoms with E-state index in [-0.39, 0.29) is 0 Å². The second kappa shape index (κ2) is 14.0. The molecule has 0 fully saturated rings. The summed E-state index contributed by atoms with van der Waals surface area (Å²) in [7, 11) is 0. The molecule has 0 radical (unpaired) electrons. The lowest BCUT2D eigenvalue weighted by Crippen LogP contribution is -2.16. The lowest BCUT2D eigenvalue weighted by atomic mass is 9.96. The molecule has 0 aliphatic carbocycles. The van der Waals surface area contributed by atoms with E-state index in [1.807, 2.05) is 103 Å². The Labute approximate surface area is 349 Å². The van der Waals surface area contributed by atoms with Gasteiger partial charge in [0.05, 0.1) is 86.3 Å². The van der Waals surface area contributed by atoms with E-state index in [0.29, 0.717) is 41.0 Å². The molecule has 0 saturated carbocycles. The topological polar surface area (TPSA) is 115 Å². The van der Waals surface area contributed by atoms with Crippen LogP contribution in [0.1, 0.15) is 38.9 Å². The molecule has 0 bridgehead atoms. The number of rotatable bonds is 2. The minimum atomic E-state index is 0.508. The molecule has 5 heterocycles. The number of nitriles is 3. The molecule has 2 aliphatic rings. The van der Waals surface area contributed by atoms with Gasteiger partial charge in [0.1, 0.15) is 5.75 Å². The number of para-hydroxylation sites is 3. The molecular formula is C51H29N7OS. The van der Waals surface area contributed by atoms with Crippen LogP contribution >= 0.6 is 11.8 Å². The minimum Gasteiger partial charge on any atom is -0.455 e. The lowest BCUT2D eigenvalue weighted by Gasteiger charge is -2.34. The van der Waals surface area contributed by atoms with Gasteiger partial charge in [0.2, 0.25) is 0 Å². The van der Waals surface area contributed by atoms with Gasteiger partial charge in [0.25, 0.3) is 0 Å². The number of hydrogen-bond donors (Lipinski definition) is 0. The SMILES string of the molecule is N#Cc1ccc2c(c1)Sc1cc(C#N)ccc1N2c1cccc2c1Oc1ccccc1Cc1cc(-n3c4ccccc4c4cc(C#N)ccc43)cnc1-c1ncccc1C2. The first-order valence-corrected chi connectivity index (χ1v) is 20.2. The van der Waals surface area contributed by atoms with Crippen molar-refractivity contribution < 1.29 is 4.74 Å². The maximum absolute atomic E-state index is 9.83. The van der Waals surface area contributed by atoms with Crippen LogP contribution < -0.4 is 9.64 Å². The fourth-order valence-electron chi connectivity index (χ4n) is 8.57. The van der Waals surface area contributed by atoms with Crippen molar-refractivity contribution in [1.82, 2.24) is 14.5 Å². The molecule has 0 spiro atoms. The zero-order chi connectivity index (χ0) is 40.3. The Kier molecular flexibility index (Phi) is 8.20. The molecule has 3 aromatic heterocycles. The van der Waals surface area contributed by atoms with Crippen molar-refractivity contribution in [2.24, 2.45) is 0 Å². The van der Waals surface area contributed by atoms with Crippen LogP contribution in [0.15, 0.2) is 162 Å². The van der Waals surface area contributed by atoms with Gasteiger partial charge in [-0.05, 0) is 102 Å².